The van der Waals surface area contributed by atoms with Crippen molar-refractivity contribution in [2.24, 2.45) is 0 Å². The smallest absolute Gasteiger partial charge is 0.136 e. The van der Waals surface area contributed by atoms with Crippen molar-refractivity contribution < 1.29 is 19.3 Å². The van der Waals surface area contributed by atoms with Crippen molar-refractivity contribution in [3.8, 4) is 11.5 Å². The van der Waals surface area contributed by atoms with E-state index in [9.17, 15) is 0 Å². The van der Waals surface area contributed by atoms with Crippen LogP contribution in [0.4, 0.5) is 0 Å². The normalized spacial score (nSPS) is 20.3. The molecule has 0 amide bonds. The van der Waals surface area contributed by atoms with Gasteiger partial charge in [-0.15, -0.1) is 0 Å². The predicted molar refractivity (Wildman–Crippen MR) is 102 cm³/mol. The Morgan fingerprint density at radius 3 is 2.04 bits per heavy atom. The van der Waals surface area contributed by atoms with Gasteiger partial charge in [-0.05, 0) is 22.0 Å². The van der Waals surface area contributed by atoms with Gasteiger partial charge in [-0.2, -0.15) is 0 Å². The standard InChI is InChI=1S/C20H25BrN2O2/c1-24-19-13-20(25-2)18(21)12-17(19)15-23-10-8-22(9-11-23)14-16-6-4-3-5-7-16/h3-7,12-13H,8-11,14-15H2,1-2H3/p+2. The fourth-order valence-electron chi connectivity index (χ4n) is 3.53. The maximum Gasteiger partial charge on any atom is 0.136 e. The summed E-state index contributed by atoms with van der Waals surface area (Å²) in [6.07, 6.45) is 0. The van der Waals surface area contributed by atoms with Crippen LogP contribution in [-0.4, -0.2) is 40.4 Å². The van der Waals surface area contributed by atoms with Gasteiger partial charge in [0.2, 0.25) is 0 Å². The van der Waals surface area contributed by atoms with Crippen LogP contribution < -0.4 is 19.3 Å². The van der Waals surface area contributed by atoms with Crippen molar-refractivity contribution in [2.75, 3.05) is 40.4 Å². The number of nitrogens with one attached hydrogen (secondary N) is 2. The van der Waals surface area contributed by atoms with Gasteiger partial charge in [0.15, 0.2) is 0 Å². The van der Waals surface area contributed by atoms with Crippen molar-refractivity contribution in [3.05, 3.63) is 58.1 Å². The van der Waals surface area contributed by atoms with Crippen LogP contribution in [0, 0.1) is 0 Å². The highest BCUT2D eigenvalue weighted by Gasteiger charge is 2.24. The highest BCUT2D eigenvalue weighted by molar-refractivity contribution is 9.10. The molecule has 0 radical (unpaired) electrons. The van der Waals surface area contributed by atoms with Gasteiger partial charge in [0, 0.05) is 17.2 Å². The zero-order valence-electron chi connectivity index (χ0n) is 15.0. The van der Waals surface area contributed by atoms with E-state index < -0.39 is 0 Å². The SMILES string of the molecule is COc1cc(OC)c(C[NH+]2CC[NH+](Cc3ccccc3)CC2)cc1Br. The molecule has 0 spiro atoms. The first-order valence-corrected chi connectivity index (χ1v) is 9.60. The molecule has 2 aromatic carbocycles. The molecule has 0 saturated carbocycles. The first-order chi connectivity index (χ1) is 12.2. The lowest BCUT2D eigenvalue weighted by Gasteiger charge is -2.30. The molecule has 0 aromatic heterocycles. The summed E-state index contributed by atoms with van der Waals surface area (Å²) in [4.78, 5) is 3.30. The monoisotopic (exact) mass is 406 g/mol. The van der Waals surface area contributed by atoms with E-state index in [1.165, 1.54) is 37.3 Å². The maximum atomic E-state index is 5.57. The first kappa shape index (κ1) is 18.2. The molecule has 134 valence electrons. The van der Waals surface area contributed by atoms with E-state index in [1.54, 1.807) is 24.0 Å². The third-order valence-corrected chi connectivity index (χ3v) is 5.58. The third-order valence-electron chi connectivity index (χ3n) is 4.96. The average molecular weight is 407 g/mol. The quantitative estimate of drug-likeness (QED) is 0.747. The first-order valence-electron chi connectivity index (χ1n) is 8.81. The summed E-state index contributed by atoms with van der Waals surface area (Å²) in [5.74, 6) is 1.72. The topological polar surface area (TPSA) is 27.3 Å². The van der Waals surface area contributed by atoms with Gasteiger partial charge in [-0.3, -0.25) is 0 Å². The summed E-state index contributed by atoms with van der Waals surface area (Å²) in [7, 11) is 3.41. The number of rotatable bonds is 6. The molecular formula is C20H27BrN2O2+2. The summed E-state index contributed by atoms with van der Waals surface area (Å²) >= 11 is 3.59. The molecule has 2 aromatic rings. The average Bonchev–Trinajstić information content (AvgIpc) is 2.64. The Bertz CT molecular complexity index is 686. The van der Waals surface area contributed by atoms with Gasteiger partial charge in [-0.25, -0.2) is 0 Å². The zero-order valence-corrected chi connectivity index (χ0v) is 16.6. The molecule has 0 aliphatic carbocycles. The molecule has 4 nitrogen and oxygen atoms in total. The zero-order chi connectivity index (χ0) is 17.6. The second kappa shape index (κ2) is 8.70. The second-order valence-electron chi connectivity index (χ2n) is 6.64. The fraction of sp³-hybridized carbons (Fsp3) is 0.400. The highest BCUT2D eigenvalue weighted by Crippen LogP contribution is 2.32. The number of piperazine rings is 1. The van der Waals surface area contributed by atoms with Crippen LogP contribution in [-0.2, 0) is 13.1 Å². The fourth-order valence-corrected chi connectivity index (χ4v) is 4.08. The highest BCUT2D eigenvalue weighted by atomic mass is 79.9. The maximum absolute atomic E-state index is 5.57. The Morgan fingerprint density at radius 1 is 0.840 bits per heavy atom. The van der Waals surface area contributed by atoms with E-state index in [-0.39, 0.29) is 0 Å². The molecular weight excluding hydrogens is 380 g/mol. The molecule has 0 bridgehead atoms. The Balaban J connectivity index is 1.58. The minimum absolute atomic E-state index is 0.813. The van der Waals surface area contributed by atoms with Gasteiger partial charge in [0.05, 0.1) is 18.7 Å². The van der Waals surface area contributed by atoms with Crippen LogP contribution in [0.3, 0.4) is 0 Å². The minimum Gasteiger partial charge on any atom is -0.496 e. The van der Waals surface area contributed by atoms with E-state index in [0.29, 0.717) is 0 Å². The molecule has 1 saturated heterocycles. The molecule has 3 rings (SSSR count). The third kappa shape index (κ3) is 4.75. The van der Waals surface area contributed by atoms with E-state index in [0.717, 1.165) is 29.1 Å². The number of methoxy groups -OCH3 is 2. The van der Waals surface area contributed by atoms with E-state index in [1.807, 2.05) is 6.07 Å². The molecule has 1 aliphatic heterocycles. The number of hydrogen-bond acceptors (Lipinski definition) is 2. The van der Waals surface area contributed by atoms with Crippen LogP contribution in [0.5, 0.6) is 11.5 Å². The molecule has 2 N–H and O–H groups in total. The Hall–Kier alpha value is -1.56. The predicted octanol–water partition coefficient (Wildman–Crippen LogP) is 0.950. The van der Waals surface area contributed by atoms with Gasteiger partial charge < -0.3 is 19.3 Å². The number of ether oxygens (including phenoxy) is 2. The largest absolute Gasteiger partial charge is 0.496 e. The van der Waals surface area contributed by atoms with Crippen molar-refractivity contribution in [3.63, 3.8) is 0 Å². The summed E-state index contributed by atoms with van der Waals surface area (Å²) in [6, 6.07) is 14.9. The Morgan fingerprint density at radius 2 is 1.44 bits per heavy atom. The Labute approximate surface area is 158 Å². The van der Waals surface area contributed by atoms with Gasteiger partial charge in [0.1, 0.15) is 50.8 Å². The second-order valence-corrected chi connectivity index (χ2v) is 7.49. The van der Waals surface area contributed by atoms with E-state index >= 15 is 0 Å². The number of benzene rings is 2. The molecule has 1 aliphatic rings. The lowest BCUT2D eigenvalue weighted by Crippen LogP contribution is -3.27. The summed E-state index contributed by atoms with van der Waals surface area (Å²) in [6.45, 7) is 6.92. The van der Waals surface area contributed by atoms with Crippen molar-refractivity contribution in [1.29, 1.82) is 0 Å². The molecule has 1 fully saturated rings. The van der Waals surface area contributed by atoms with Crippen LogP contribution >= 0.6 is 15.9 Å². The van der Waals surface area contributed by atoms with Crippen molar-refractivity contribution in [2.45, 2.75) is 13.1 Å². The lowest BCUT2D eigenvalue weighted by molar-refractivity contribution is -1.02. The molecule has 25 heavy (non-hydrogen) atoms. The molecule has 1 heterocycles. The Kier molecular flexibility index (Phi) is 6.34. The lowest BCUT2D eigenvalue weighted by atomic mass is 10.1. The number of quaternary nitrogens is 2. The van der Waals surface area contributed by atoms with E-state index in [4.69, 9.17) is 9.47 Å². The van der Waals surface area contributed by atoms with Crippen molar-refractivity contribution in [1.82, 2.24) is 0 Å². The molecule has 0 unspecified atom stereocenters. The van der Waals surface area contributed by atoms with Crippen LogP contribution in [0.1, 0.15) is 11.1 Å². The number of hydrogen-bond donors (Lipinski definition) is 2. The van der Waals surface area contributed by atoms with E-state index in [2.05, 4.69) is 52.3 Å². The van der Waals surface area contributed by atoms with Crippen LogP contribution in [0.2, 0.25) is 0 Å². The molecule has 5 heteroatoms. The summed E-state index contributed by atoms with van der Waals surface area (Å²) in [5, 5.41) is 0. The van der Waals surface area contributed by atoms with Crippen LogP contribution in [0.15, 0.2) is 46.9 Å². The summed E-state index contributed by atoms with van der Waals surface area (Å²) in [5.41, 5.74) is 2.67. The molecule has 0 atom stereocenters. The van der Waals surface area contributed by atoms with Gasteiger partial charge in [0.25, 0.3) is 0 Å². The minimum atomic E-state index is 0.813. The number of halogens is 1. The summed E-state index contributed by atoms with van der Waals surface area (Å²) < 4.78 is 11.9. The van der Waals surface area contributed by atoms with Crippen LogP contribution in [0.25, 0.3) is 0 Å². The van der Waals surface area contributed by atoms with Gasteiger partial charge >= 0.3 is 0 Å². The van der Waals surface area contributed by atoms with Crippen molar-refractivity contribution >= 4 is 15.9 Å². The van der Waals surface area contributed by atoms with Gasteiger partial charge in [-0.1, -0.05) is 30.3 Å².